The van der Waals surface area contributed by atoms with Gasteiger partial charge in [-0.2, -0.15) is 0 Å². The lowest BCUT2D eigenvalue weighted by molar-refractivity contribution is -0.109. The first-order valence-electron chi connectivity index (χ1n) is 3.81. The molecule has 2 N–H and O–H groups in total. The molecule has 1 amide bonds. The first-order valence-corrected chi connectivity index (χ1v) is 3.81. The van der Waals surface area contributed by atoms with Gasteiger partial charge >= 0.3 is 0 Å². The summed E-state index contributed by atoms with van der Waals surface area (Å²) in [4.78, 5) is 20.6. The number of hydrogen-bond acceptors (Lipinski definition) is 3. The molecule has 1 aromatic rings. The largest absolute Gasteiger partial charge is 0.486 e. The SMILES string of the molecule is NC(=O)c1ccc(OCC=O)cc1F. The van der Waals surface area contributed by atoms with Crippen molar-refractivity contribution in [2.45, 2.75) is 0 Å². The maximum atomic E-state index is 13.1. The molecule has 0 aliphatic rings. The molecule has 74 valence electrons. The Morgan fingerprint density at radius 1 is 1.57 bits per heavy atom. The van der Waals surface area contributed by atoms with E-state index in [-0.39, 0.29) is 17.9 Å². The van der Waals surface area contributed by atoms with Gasteiger partial charge in [0, 0.05) is 6.07 Å². The zero-order valence-corrected chi connectivity index (χ0v) is 7.20. The van der Waals surface area contributed by atoms with Crippen molar-refractivity contribution in [3.8, 4) is 5.75 Å². The van der Waals surface area contributed by atoms with Gasteiger partial charge in [-0.05, 0) is 12.1 Å². The van der Waals surface area contributed by atoms with Crippen LogP contribution < -0.4 is 10.5 Å². The first kappa shape index (κ1) is 10.2. The van der Waals surface area contributed by atoms with Gasteiger partial charge in [-0.15, -0.1) is 0 Å². The smallest absolute Gasteiger partial charge is 0.251 e. The molecule has 0 fully saturated rings. The predicted molar refractivity (Wildman–Crippen MR) is 46.5 cm³/mol. The topological polar surface area (TPSA) is 69.4 Å². The van der Waals surface area contributed by atoms with Crippen LogP contribution in [-0.4, -0.2) is 18.8 Å². The van der Waals surface area contributed by atoms with Crippen molar-refractivity contribution in [2.24, 2.45) is 5.73 Å². The van der Waals surface area contributed by atoms with E-state index >= 15 is 0 Å². The Kier molecular flexibility index (Phi) is 3.17. The van der Waals surface area contributed by atoms with E-state index in [0.29, 0.717) is 6.29 Å². The van der Waals surface area contributed by atoms with Crippen LogP contribution in [0, 0.1) is 5.82 Å². The second-order valence-electron chi connectivity index (χ2n) is 2.48. The third-order valence-corrected chi connectivity index (χ3v) is 1.52. The summed E-state index contributed by atoms with van der Waals surface area (Å²) in [5.41, 5.74) is 4.68. The quantitative estimate of drug-likeness (QED) is 0.714. The van der Waals surface area contributed by atoms with E-state index < -0.39 is 11.7 Å². The second kappa shape index (κ2) is 4.36. The molecule has 0 bridgehead atoms. The summed E-state index contributed by atoms with van der Waals surface area (Å²) in [6.45, 7) is -0.157. The van der Waals surface area contributed by atoms with Gasteiger partial charge in [0.1, 0.15) is 18.2 Å². The molecular formula is C9H8FNO3. The number of halogens is 1. The number of hydrogen-bond donors (Lipinski definition) is 1. The molecule has 0 unspecified atom stereocenters. The van der Waals surface area contributed by atoms with Gasteiger partial charge in [0.05, 0.1) is 5.56 Å². The summed E-state index contributed by atoms with van der Waals surface area (Å²) < 4.78 is 17.9. The Bertz CT molecular complexity index is 365. The highest BCUT2D eigenvalue weighted by atomic mass is 19.1. The van der Waals surface area contributed by atoms with E-state index in [4.69, 9.17) is 10.5 Å². The minimum Gasteiger partial charge on any atom is -0.486 e. The predicted octanol–water partition coefficient (Wildman–Crippen LogP) is 0.502. The fraction of sp³-hybridized carbons (Fsp3) is 0.111. The van der Waals surface area contributed by atoms with Crippen molar-refractivity contribution < 1.29 is 18.7 Å². The van der Waals surface area contributed by atoms with Crippen LogP contribution in [0.2, 0.25) is 0 Å². The van der Waals surface area contributed by atoms with Crippen LogP contribution in [0.5, 0.6) is 5.75 Å². The monoisotopic (exact) mass is 197 g/mol. The zero-order chi connectivity index (χ0) is 10.6. The van der Waals surface area contributed by atoms with E-state index in [1.54, 1.807) is 0 Å². The summed E-state index contributed by atoms with van der Waals surface area (Å²) in [5, 5.41) is 0. The molecule has 1 aromatic carbocycles. The van der Waals surface area contributed by atoms with Gasteiger partial charge in [0.15, 0.2) is 6.29 Å². The molecule has 0 aromatic heterocycles. The summed E-state index contributed by atoms with van der Waals surface area (Å²) >= 11 is 0. The lowest BCUT2D eigenvalue weighted by Crippen LogP contribution is -2.13. The van der Waals surface area contributed by atoms with Crippen molar-refractivity contribution in [1.29, 1.82) is 0 Å². The molecular weight excluding hydrogens is 189 g/mol. The highest BCUT2D eigenvalue weighted by Crippen LogP contribution is 2.15. The summed E-state index contributed by atoms with van der Waals surface area (Å²) in [7, 11) is 0. The minimum absolute atomic E-state index is 0.157. The Morgan fingerprint density at radius 3 is 2.79 bits per heavy atom. The van der Waals surface area contributed by atoms with E-state index in [9.17, 15) is 14.0 Å². The highest BCUT2D eigenvalue weighted by molar-refractivity contribution is 5.93. The molecule has 0 aliphatic carbocycles. The van der Waals surface area contributed by atoms with Crippen molar-refractivity contribution in [2.75, 3.05) is 6.61 Å². The fourth-order valence-electron chi connectivity index (χ4n) is 0.916. The lowest BCUT2D eigenvalue weighted by atomic mass is 10.2. The van der Waals surface area contributed by atoms with Crippen molar-refractivity contribution in [3.05, 3.63) is 29.6 Å². The van der Waals surface area contributed by atoms with Gasteiger partial charge in [-0.25, -0.2) is 4.39 Å². The number of primary amides is 1. The van der Waals surface area contributed by atoms with Crippen LogP contribution >= 0.6 is 0 Å². The molecule has 0 atom stereocenters. The first-order chi connectivity index (χ1) is 6.65. The average molecular weight is 197 g/mol. The number of nitrogens with two attached hydrogens (primary N) is 1. The van der Waals surface area contributed by atoms with Gasteiger partial charge < -0.3 is 10.5 Å². The van der Waals surface area contributed by atoms with Crippen molar-refractivity contribution in [1.82, 2.24) is 0 Å². The molecule has 4 nitrogen and oxygen atoms in total. The number of aldehydes is 1. The third-order valence-electron chi connectivity index (χ3n) is 1.52. The Hall–Kier alpha value is -1.91. The lowest BCUT2D eigenvalue weighted by Gasteiger charge is -2.03. The normalized spacial score (nSPS) is 9.50. The number of ether oxygens (including phenoxy) is 1. The van der Waals surface area contributed by atoms with Crippen LogP contribution in [0.4, 0.5) is 4.39 Å². The van der Waals surface area contributed by atoms with E-state index in [1.165, 1.54) is 12.1 Å². The maximum absolute atomic E-state index is 13.1. The second-order valence-corrected chi connectivity index (χ2v) is 2.48. The Balaban J connectivity index is 2.88. The van der Waals surface area contributed by atoms with Gasteiger partial charge in [0.2, 0.25) is 0 Å². The number of rotatable bonds is 4. The summed E-state index contributed by atoms with van der Waals surface area (Å²) in [5.74, 6) is -1.43. The molecule has 0 saturated carbocycles. The minimum atomic E-state index is -0.843. The van der Waals surface area contributed by atoms with Crippen LogP contribution in [0.25, 0.3) is 0 Å². The van der Waals surface area contributed by atoms with Crippen molar-refractivity contribution in [3.63, 3.8) is 0 Å². The number of carbonyl (C=O) groups excluding carboxylic acids is 2. The Labute approximate surface area is 79.5 Å². The van der Waals surface area contributed by atoms with Crippen LogP contribution in [0.1, 0.15) is 10.4 Å². The third kappa shape index (κ3) is 2.29. The summed E-state index contributed by atoms with van der Waals surface area (Å²) in [6.07, 6.45) is 0.542. The number of amides is 1. The summed E-state index contributed by atoms with van der Waals surface area (Å²) in [6, 6.07) is 3.58. The molecule has 0 saturated heterocycles. The van der Waals surface area contributed by atoms with Crippen molar-refractivity contribution >= 4 is 12.2 Å². The van der Waals surface area contributed by atoms with Crippen LogP contribution in [-0.2, 0) is 4.79 Å². The number of carbonyl (C=O) groups is 2. The molecule has 0 spiro atoms. The van der Waals surface area contributed by atoms with E-state index in [2.05, 4.69) is 0 Å². The molecule has 1 rings (SSSR count). The number of benzene rings is 1. The molecule has 0 heterocycles. The molecule has 0 radical (unpaired) electrons. The molecule has 0 aliphatic heterocycles. The van der Waals surface area contributed by atoms with Gasteiger partial charge in [0.25, 0.3) is 5.91 Å². The average Bonchev–Trinajstić information content (AvgIpc) is 2.14. The van der Waals surface area contributed by atoms with Crippen LogP contribution in [0.3, 0.4) is 0 Å². The maximum Gasteiger partial charge on any atom is 0.251 e. The van der Waals surface area contributed by atoms with E-state index in [0.717, 1.165) is 6.07 Å². The Morgan fingerprint density at radius 2 is 2.29 bits per heavy atom. The van der Waals surface area contributed by atoms with E-state index in [1.807, 2.05) is 0 Å². The van der Waals surface area contributed by atoms with Gasteiger partial charge in [-0.1, -0.05) is 0 Å². The molecule has 5 heteroatoms. The zero-order valence-electron chi connectivity index (χ0n) is 7.20. The fourth-order valence-corrected chi connectivity index (χ4v) is 0.916. The standard InChI is InChI=1S/C9H8FNO3/c10-8-5-6(14-4-3-12)1-2-7(8)9(11)13/h1-3,5H,4H2,(H2,11,13). The van der Waals surface area contributed by atoms with Crippen LogP contribution in [0.15, 0.2) is 18.2 Å². The van der Waals surface area contributed by atoms with Gasteiger partial charge in [-0.3, -0.25) is 9.59 Å². The highest BCUT2D eigenvalue weighted by Gasteiger charge is 2.08. The molecule has 14 heavy (non-hydrogen) atoms.